The summed E-state index contributed by atoms with van der Waals surface area (Å²) in [7, 11) is 0. The summed E-state index contributed by atoms with van der Waals surface area (Å²) in [6, 6.07) is 13.2. The number of aryl methyl sites for hydroxylation is 2. The molecule has 0 fully saturated rings. The van der Waals surface area contributed by atoms with Gasteiger partial charge in [0, 0.05) is 22.9 Å². The van der Waals surface area contributed by atoms with Crippen molar-refractivity contribution in [2.45, 2.75) is 20.8 Å². The first-order valence-electron chi connectivity index (χ1n) is 6.92. The molecule has 2 aromatic carbocycles. The lowest BCUT2D eigenvalue weighted by Gasteiger charge is -2.22. The van der Waals surface area contributed by atoms with E-state index >= 15 is 0 Å². The number of nitrogens with zero attached hydrogens (tertiary/aromatic N) is 1. The van der Waals surface area contributed by atoms with E-state index in [1.54, 1.807) is 11.0 Å². The Kier molecular flexibility index (Phi) is 4.86. The molecule has 0 radical (unpaired) electrons. The predicted molar refractivity (Wildman–Crippen MR) is 89.4 cm³/mol. The molecule has 0 aromatic heterocycles. The van der Waals surface area contributed by atoms with Crippen LogP contribution in [0.2, 0.25) is 5.02 Å². The molecule has 0 saturated carbocycles. The van der Waals surface area contributed by atoms with Crippen LogP contribution in [0.3, 0.4) is 0 Å². The molecule has 2 aromatic rings. The molecule has 110 valence electrons. The minimum Gasteiger partial charge on any atom is -0.307 e. The lowest BCUT2D eigenvalue weighted by molar-refractivity contribution is 0.257. The highest BCUT2D eigenvalue weighted by Gasteiger charge is 2.15. The van der Waals surface area contributed by atoms with Crippen molar-refractivity contribution >= 4 is 29.0 Å². The standard InChI is InChI=1S/C17H19ClN2O/c1-4-20(15-7-5-6-12(2)10-15)17(21)19-16-11-14(18)9-8-13(16)3/h5-11H,4H2,1-3H3,(H,19,21). The number of halogens is 1. The maximum absolute atomic E-state index is 12.5. The van der Waals surface area contributed by atoms with Crippen LogP contribution in [0.25, 0.3) is 0 Å². The Morgan fingerprint density at radius 3 is 2.62 bits per heavy atom. The fraction of sp³-hybridized carbons (Fsp3) is 0.235. The number of amides is 2. The van der Waals surface area contributed by atoms with Gasteiger partial charge in [0.1, 0.15) is 0 Å². The van der Waals surface area contributed by atoms with Crippen LogP contribution < -0.4 is 10.2 Å². The van der Waals surface area contributed by atoms with Crippen LogP contribution in [0.1, 0.15) is 18.1 Å². The largest absolute Gasteiger partial charge is 0.326 e. The highest BCUT2D eigenvalue weighted by atomic mass is 35.5. The zero-order valence-electron chi connectivity index (χ0n) is 12.5. The van der Waals surface area contributed by atoms with Crippen molar-refractivity contribution in [1.29, 1.82) is 0 Å². The van der Waals surface area contributed by atoms with Crippen LogP contribution in [0, 0.1) is 13.8 Å². The maximum atomic E-state index is 12.5. The van der Waals surface area contributed by atoms with Crippen molar-refractivity contribution in [3.8, 4) is 0 Å². The molecule has 21 heavy (non-hydrogen) atoms. The Hall–Kier alpha value is -2.00. The minimum atomic E-state index is -0.159. The molecule has 3 nitrogen and oxygen atoms in total. The van der Waals surface area contributed by atoms with Crippen LogP contribution in [0.15, 0.2) is 42.5 Å². The third-order valence-corrected chi connectivity index (χ3v) is 3.55. The number of benzene rings is 2. The fourth-order valence-electron chi connectivity index (χ4n) is 2.15. The molecule has 0 aliphatic heterocycles. The number of carbonyl (C=O) groups excluding carboxylic acids is 1. The average Bonchev–Trinajstić information content (AvgIpc) is 2.44. The first-order valence-corrected chi connectivity index (χ1v) is 7.30. The van der Waals surface area contributed by atoms with E-state index in [0.29, 0.717) is 11.6 Å². The Balaban J connectivity index is 2.23. The summed E-state index contributed by atoms with van der Waals surface area (Å²) in [4.78, 5) is 14.2. The Labute approximate surface area is 130 Å². The molecule has 0 aliphatic rings. The molecule has 0 aliphatic carbocycles. The Morgan fingerprint density at radius 2 is 1.95 bits per heavy atom. The van der Waals surface area contributed by atoms with E-state index in [0.717, 1.165) is 22.5 Å². The minimum absolute atomic E-state index is 0.159. The molecule has 0 unspecified atom stereocenters. The second-order valence-electron chi connectivity index (χ2n) is 4.97. The van der Waals surface area contributed by atoms with Crippen molar-refractivity contribution < 1.29 is 4.79 Å². The number of hydrogen-bond donors (Lipinski definition) is 1. The van der Waals surface area contributed by atoms with Gasteiger partial charge in [-0.3, -0.25) is 4.90 Å². The lowest BCUT2D eigenvalue weighted by Crippen LogP contribution is -2.35. The van der Waals surface area contributed by atoms with Crippen LogP contribution in [0.5, 0.6) is 0 Å². The van der Waals surface area contributed by atoms with Gasteiger partial charge in [0.25, 0.3) is 0 Å². The quantitative estimate of drug-likeness (QED) is 0.848. The van der Waals surface area contributed by atoms with Gasteiger partial charge in [-0.1, -0.05) is 29.8 Å². The molecule has 2 rings (SSSR count). The van der Waals surface area contributed by atoms with Crippen LogP contribution >= 0.6 is 11.6 Å². The number of nitrogens with one attached hydrogen (secondary N) is 1. The SMILES string of the molecule is CCN(C(=O)Nc1cc(Cl)ccc1C)c1cccc(C)c1. The van der Waals surface area contributed by atoms with Crippen molar-refractivity contribution in [2.75, 3.05) is 16.8 Å². The fourth-order valence-corrected chi connectivity index (χ4v) is 2.32. The molecule has 0 bridgehead atoms. The van der Waals surface area contributed by atoms with E-state index in [2.05, 4.69) is 5.32 Å². The molecule has 0 heterocycles. The van der Waals surface area contributed by atoms with Crippen molar-refractivity contribution in [3.63, 3.8) is 0 Å². The van der Waals surface area contributed by atoms with Gasteiger partial charge in [0.05, 0.1) is 0 Å². The lowest BCUT2D eigenvalue weighted by atomic mass is 10.2. The topological polar surface area (TPSA) is 32.3 Å². The molecule has 1 N–H and O–H groups in total. The van der Waals surface area contributed by atoms with Crippen molar-refractivity contribution in [3.05, 3.63) is 58.6 Å². The van der Waals surface area contributed by atoms with E-state index < -0.39 is 0 Å². The van der Waals surface area contributed by atoms with Gasteiger partial charge in [-0.15, -0.1) is 0 Å². The van der Waals surface area contributed by atoms with Gasteiger partial charge in [-0.05, 0) is 56.2 Å². The van der Waals surface area contributed by atoms with E-state index in [-0.39, 0.29) is 6.03 Å². The molecule has 2 amide bonds. The van der Waals surface area contributed by atoms with Gasteiger partial charge < -0.3 is 5.32 Å². The Morgan fingerprint density at radius 1 is 1.19 bits per heavy atom. The summed E-state index contributed by atoms with van der Waals surface area (Å²) in [6.45, 7) is 6.49. The zero-order chi connectivity index (χ0) is 15.4. The first kappa shape index (κ1) is 15.4. The average molecular weight is 303 g/mol. The molecular weight excluding hydrogens is 284 g/mol. The van der Waals surface area contributed by atoms with Crippen LogP contribution in [-0.4, -0.2) is 12.6 Å². The van der Waals surface area contributed by atoms with Gasteiger partial charge in [0.15, 0.2) is 0 Å². The molecule has 0 saturated heterocycles. The highest BCUT2D eigenvalue weighted by Crippen LogP contribution is 2.22. The first-order chi connectivity index (χ1) is 10.0. The third kappa shape index (κ3) is 3.76. The van der Waals surface area contributed by atoms with Crippen molar-refractivity contribution in [1.82, 2.24) is 0 Å². The smallest absolute Gasteiger partial charge is 0.307 e. The van der Waals surface area contributed by atoms with Crippen LogP contribution in [0.4, 0.5) is 16.2 Å². The number of hydrogen-bond acceptors (Lipinski definition) is 1. The van der Waals surface area contributed by atoms with E-state index in [4.69, 9.17) is 11.6 Å². The summed E-state index contributed by atoms with van der Waals surface area (Å²) in [5, 5.41) is 3.53. The van der Waals surface area contributed by atoms with Gasteiger partial charge in [-0.25, -0.2) is 4.79 Å². The van der Waals surface area contributed by atoms with E-state index in [9.17, 15) is 4.79 Å². The van der Waals surface area contributed by atoms with Gasteiger partial charge in [0.2, 0.25) is 0 Å². The monoisotopic (exact) mass is 302 g/mol. The summed E-state index contributed by atoms with van der Waals surface area (Å²) in [5.41, 5.74) is 3.72. The number of anilines is 2. The second-order valence-corrected chi connectivity index (χ2v) is 5.41. The van der Waals surface area contributed by atoms with E-state index in [1.807, 2.05) is 57.2 Å². The zero-order valence-corrected chi connectivity index (χ0v) is 13.2. The molecule has 0 spiro atoms. The molecular formula is C17H19ClN2O. The van der Waals surface area contributed by atoms with E-state index in [1.165, 1.54) is 0 Å². The summed E-state index contributed by atoms with van der Waals surface area (Å²) in [6.07, 6.45) is 0. The number of rotatable bonds is 3. The normalized spacial score (nSPS) is 10.3. The number of carbonyl (C=O) groups is 1. The summed E-state index contributed by atoms with van der Waals surface area (Å²) >= 11 is 5.99. The molecule has 4 heteroatoms. The molecule has 0 atom stereocenters. The second kappa shape index (κ2) is 6.64. The van der Waals surface area contributed by atoms with Gasteiger partial charge >= 0.3 is 6.03 Å². The maximum Gasteiger partial charge on any atom is 0.326 e. The Bertz CT molecular complexity index is 655. The predicted octanol–water partition coefficient (Wildman–Crippen LogP) is 5.02. The highest BCUT2D eigenvalue weighted by molar-refractivity contribution is 6.31. The van der Waals surface area contributed by atoms with Crippen molar-refractivity contribution in [2.24, 2.45) is 0 Å². The van der Waals surface area contributed by atoms with Gasteiger partial charge in [-0.2, -0.15) is 0 Å². The van der Waals surface area contributed by atoms with Crippen LogP contribution in [-0.2, 0) is 0 Å². The summed E-state index contributed by atoms with van der Waals surface area (Å²) in [5.74, 6) is 0. The third-order valence-electron chi connectivity index (χ3n) is 3.32. The number of urea groups is 1. The summed E-state index contributed by atoms with van der Waals surface area (Å²) < 4.78 is 0.